The number of nitrogens with two attached hydrogens (primary N) is 1. The molecular formula is C14H19N3O2. The van der Waals surface area contributed by atoms with Gasteiger partial charge in [-0.25, -0.2) is 9.97 Å². The summed E-state index contributed by atoms with van der Waals surface area (Å²) in [7, 11) is 0. The fourth-order valence-electron chi connectivity index (χ4n) is 2.36. The van der Waals surface area contributed by atoms with Crippen LogP contribution in [0.2, 0.25) is 0 Å². The largest absolute Gasteiger partial charge is 0.466 e. The average molecular weight is 261 g/mol. The standard InChI is InChI=1S/C14H19N3O2/c1-2-19-13(18)7-10-3-5-11(6-4-10)12-8-16-9-17-14(12)15/h5,8-10H,2-4,6-7H2,1H3,(H2,15,16,17). The maximum Gasteiger partial charge on any atom is 0.306 e. The van der Waals surface area contributed by atoms with Gasteiger partial charge < -0.3 is 10.5 Å². The molecule has 0 radical (unpaired) electrons. The van der Waals surface area contributed by atoms with Gasteiger partial charge in [-0.2, -0.15) is 0 Å². The van der Waals surface area contributed by atoms with Crippen molar-refractivity contribution in [2.75, 3.05) is 12.3 Å². The van der Waals surface area contributed by atoms with E-state index >= 15 is 0 Å². The highest BCUT2D eigenvalue weighted by Crippen LogP contribution is 2.33. The van der Waals surface area contributed by atoms with Gasteiger partial charge in [0, 0.05) is 18.2 Å². The summed E-state index contributed by atoms with van der Waals surface area (Å²) in [5, 5.41) is 0. The lowest BCUT2D eigenvalue weighted by molar-refractivity contribution is -0.144. The Kier molecular flexibility index (Phi) is 4.49. The van der Waals surface area contributed by atoms with Gasteiger partial charge in [-0.1, -0.05) is 6.08 Å². The molecule has 1 atom stereocenters. The summed E-state index contributed by atoms with van der Waals surface area (Å²) in [6.07, 6.45) is 8.59. The first kappa shape index (κ1) is 13.5. The van der Waals surface area contributed by atoms with E-state index in [9.17, 15) is 4.79 Å². The van der Waals surface area contributed by atoms with Crippen molar-refractivity contribution in [3.63, 3.8) is 0 Å². The molecule has 1 heterocycles. The fraction of sp³-hybridized carbons (Fsp3) is 0.500. The van der Waals surface area contributed by atoms with Gasteiger partial charge in [0.25, 0.3) is 0 Å². The van der Waals surface area contributed by atoms with Crippen LogP contribution in [0.15, 0.2) is 18.6 Å². The van der Waals surface area contributed by atoms with Gasteiger partial charge in [0.2, 0.25) is 0 Å². The van der Waals surface area contributed by atoms with E-state index in [4.69, 9.17) is 10.5 Å². The highest BCUT2D eigenvalue weighted by Gasteiger charge is 2.20. The molecule has 5 nitrogen and oxygen atoms in total. The summed E-state index contributed by atoms with van der Waals surface area (Å²) >= 11 is 0. The lowest BCUT2D eigenvalue weighted by atomic mass is 9.85. The van der Waals surface area contributed by atoms with Crippen LogP contribution in [0.5, 0.6) is 0 Å². The number of ether oxygens (including phenoxy) is 1. The zero-order valence-electron chi connectivity index (χ0n) is 11.1. The third-order valence-corrected chi connectivity index (χ3v) is 3.37. The van der Waals surface area contributed by atoms with Crippen LogP contribution in [0.3, 0.4) is 0 Å². The van der Waals surface area contributed by atoms with Crippen molar-refractivity contribution in [3.05, 3.63) is 24.2 Å². The molecule has 0 spiro atoms. The molecule has 102 valence electrons. The smallest absolute Gasteiger partial charge is 0.306 e. The van der Waals surface area contributed by atoms with Gasteiger partial charge in [0.1, 0.15) is 12.1 Å². The highest BCUT2D eigenvalue weighted by molar-refractivity contribution is 5.73. The second-order valence-corrected chi connectivity index (χ2v) is 4.70. The molecule has 5 heteroatoms. The first-order valence-electron chi connectivity index (χ1n) is 6.61. The monoisotopic (exact) mass is 261 g/mol. The lowest BCUT2D eigenvalue weighted by Crippen LogP contribution is -2.14. The molecule has 0 aliphatic heterocycles. The molecule has 1 aliphatic rings. The zero-order valence-corrected chi connectivity index (χ0v) is 11.1. The molecule has 0 aromatic carbocycles. The molecule has 1 aromatic heterocycles. The van der Waals surface area contributed by atoms with Crippen LogP contribution in [0.1, 0.15) is 38.2 Å². The van der Waals surface area contributed by atoms with Crippen LogP contribution < -0.4 is 5.73 Å². The van der Waals surface area contributed by atoms with Crippen LogP contribution in [0.4, 0.5) is 5.82 Å². The topological polar surface area (TPSA) is 78.1 Å². The quantitative estimate of drug-likeness (QED) is 0.840. The number of esters is 1. The minimum absolute atomic E-state index is 0.105. The zero-order chi connectivity index (χ0) is 13.7. The summed E-state index contributed by atoms with van der Waals surface area (Å²) in [6, 6.07) is 0. The van der Waals surface area contributed by atoms with Gasteiger partial charge in [-0.05, 0) is 37.7 Å². The lowest BCUT2D eigenvalue weighted by Gasteiger charge is -2.21. The van der Waals surface area contributed by atoms with E-state index in [-0.39, 0.29) is 5.97 Å². The van der Waals surface area contributed by atoms with Crippen LogP contribution in [0.25, 0.3) is 5.57 Å². The van der Waals surface area contributed by atoms with Crippen LogP contribution >= 0.6 is 0 Å². The van der Waals surface area contributed by atoms with Gasteiger partial charge in [0.15, 0.2) is 0 Å². The van der Waals surface area contributed by atoms with Crippen LogP contribution in [0, 0.1) is 5.92 Å². The second kappa shape index (κ2) is 6.31. The van der Waals surface area contributed by atoms with Crippen molar-refractivity contribution >= 4 is 17.4 Å². The predicted octanol–water partition coefficient (Wildman–Crippen LogP) is 2.20. The number of hydrogen-bond donors (Lipinski definition) is 1. The molecule has 0 amide bonds. The van der Waals surface area contributed by atoms with Gasteiger partial charge in [0.05, 0.1) is 6.61 Å². The molecular weight excluding hydrogens is 242 g/mol. The Morgan fingerprint density at radius 2 is 2.42 bits per heavy atom. The van der Waals surface area contributed by atoms with Crippen molar-refractivity contribution in [2.24, 2.45) is 5.92 Å². The summed E-state index contributed by atoms with van der Waals surface area (Å²) in [5.74, 6) is 0.783. The number of carbonyl (C=O) groups excluding carboxylic acids is 1. The van der Waals surface area contributed by atoms with Crippen molar-refractivity contribution in [1.29, 1.82) is 0 Å². The molecule has 0 fully saturated rings. The highest BCUT2D eigenvalue weighted by atomic mass is 16.5. The Morgan fingerprint density at radius 3 is 3.05 bits per heavy atom. The molecule has 0 saturated carbocycles. The molecule has 0 saturated heterocycles. The molecule has 1 unspecified atom stereocenters. The molecule has 19 heavy (non-hydrogen) atoms. The minimum atomic E-state index is -0.105. The number of carbonyl (C=O) groups is 1. The summed E-state index contributed by atoms with van der Waals surface area (Å²) in [5.41, 5.74) is 7.93. The van der Waals surface area contributed by atoms with Crippen molar-refractivity contribution in [3.8, 4) is 0 Å². The summed E-state index contributed by atoms with van der Waals surface area (Å²) < 4.78 is 4.98. The van der Waals surface area contributed by atoms with Crippen molar-refractivity contribution < 1.29 is 9.53 Å². The Morgan fingerprint density at radius 1 is 1.58 bits per heavy atom. The van der Waals surface area contributed by atoms with Crippen molar-refractivity contribution in [2.45, 2.75) is 32.6 Å². The number of nitrogens with zero attached hydrogens (tertiary/aromatic N) is 2. The van der Waals surface area contributed by atoms with Gasteiger partial charge in [-0.3, -0.25) is 4.79 Å². The number of anilines is 1. The first-order chi connectivity index (χ1) is 9.20. The Hall–Kier alpha value is -1.91. The van der Waals surface area contributed by atoms with Gasteiger partial charge >= 0.3 is 5.97 Å². The maximum atomic E-state index is 11.4. The molecule has 1 aliphatic carbocycles. The molecule has 0 bridgehead atoms. The first-order valence-corrected chi connectivity index (χ1v) is 6.61. The van der Waals surface area contributed by atoms with E-state index < -0.39 is 0 Å². The molecule has 2 N–H and O–H groups in total. The normalized spacial score (nSPS) is 18.8. The SMILES string of the molecule is CCOC(=O)CC1CC=C(c2cncnc2N)CC1. The number of nitrogen functional groups attached to an aromatic ring is 1. The number of rotatable bonds is 4. The van der Waals surface area contributed by atoms with E-state index in [2.05, 4.69) is 16.0 Å². The van der Waals surface area contributed by atoms with E-state index in [1.54, 1.807) is 6.20 Å². The Labute approximate surface area is 112 Å². The summed E-state index contributed by atoms with van der Waals surface area (Å²) in [6.45, 7) is 2.28. The fourth-order valence-corrected chi connectivity index (χ4v) is 2.36. The average Bonchev–Trinajstić information content (AvgIpc) is 2.41. The third kappa shape index (κ3) is 3.53. The Balaban J connectivity index is 1.97. The van der Waals surface area contributed by atoms with Crippen molar-refractivity contribution in [1.82, 2.24) is 9.97 Å². The van der Waals surface area contributed by atoms with E-state index in [1.807, 2.05) is 6.92 Å². The van der Waals surface area contributed by atoms with Gasteiger partial charge in [-0.15, -0.1) is 0 Å². The maximum absolute atomic E-state index is 11.4. The molecule has 1 aromatic rings. The third-order valence-electron chi connectivity index (χ3n) is 3.37. The van der Waals surface area contributed by atoms with Crippen LogP contribution in [-0.4, -0.2) is 22.5 Å². The number of hydrogen-bond acceptors (Lipinski definition) is 5. The van der Waals surface area contributed by atoms with Crippen LogP contribution in [-0.2, 0) is 9.53 Å². The van der Waals surface area contributed by atoms with E-state index in [0.29, 0.717) is 24.8 Å². The number of allylic oxidation sites excluding steroid dienone is 2. The van der Waals surface area contributed by atoms with E-state index in [0.717, 1.165) is 24.8 Å². The predicted molar refractivity (Wildman–Crippen MR) is 73.0 cm³/mol. The Bertz CT molecular complexity index is 485. The minimum Gasteiger partial charge on any atom is -0.466 e. The molecule has 2 rings (SSSR count). The second-order valence-electron chi connectivity index (χ2n) is 4.70. The summed E-state index contributed by atoms with van der Waals surface area (Å²) in [4.78, 5) is 19.4. The number of aromatic nitrogens is 2. The van der Waals surface area contributed by atoms with E-state index in [1.165, 1.54) is 11.9 Å².